The molecule has 21 heavy (non-hydrogen) atoms. The van der Waals surface area contributed by atoms with Crippen LogP contribution in [0.4, 0.5) is 5.69 Å². The minimum absolute atomic E-state index is 0.0974. The molecule has 0 bridgehead atoms. The maximum absolute atomic E-state index is 12.1. The summed E-state index contributed by atoms with van der Waals surface area (Å²) in [6.45, 7) is 0.847. The van der Waals surface area contributed by atoms with Crippen molar-refractivity contribution in [2.24, 2.45) is 0 Å². The standard InChI is InChI=1S/C15H17N3O3/c1-18-14(20)10-6-5-9(8-11(10)15(18)21)17-13(19)12-4-2-3-7-16-12/h5-6,8,12,16H,2-4,7H2,1H3,(H,17,19)/t12-/m0/s1. The zero-order valence-corrected chi connectivity index (χ0v) is 11.8. The van der Waals surface area contributed by atoms with Gasteiger partial charge in [0.2, 0.25) is 5.91 Å². The average Bonchev–Trinajstić information content (AvgIpc) is 2.73. The van der Waals surface area contributed by atoms with Crippen LogP contribution in [0.25, 0.3) is 0 Å². The Morgan fingerprint density at radius 1 is 1.24 bits per heavy atom. The number of benzene rings is 1. The van der Waals surface area contributed by atoms with Crippen molar-refractivity contribution in [1.82, 2.24) is 10.2 Å². The molecule has 110 valence electrons. The molecule has 1 atom stereocenters. The molecule has 1 aromatic rings. The monoisotopic (exact) mass is 287 g/mol. The molecule has 2 aliphatic heterocycles. The lowest BCUT2D eigenvalue weighted by Crippen LogP contribution is -2.43. The van der Waals surface area contributed by atoms with Crippen LogP contribution in [-0.2, 0) is 4.79 Å². The first-order valence-electron chi connectivity index (χ1n) is 7.08. The van der Waals surface area contributed by atoms with E-state index in [2.05, 4.69) is 10.6 Å². The molecule has 6 nitrogen and oxygen atoms in total. The van der Waals surface area contributed by atoms with Gasteiger partial charge in [-0.1, -0.05) is 6.42 Å². The number of carbonyl (C=O) groups excluding carboxylic acids is 3. The molecule has 2 N–H and O–H groups in total. The van der Waals surface area contributed by atoms with Gasteiger partial charge in [0.15, 0.2) is 0 Å². The van der Waals surface area contributed by atoms with E-state index in [1.54, 1.807) is 18.2 Å². The van der Waals surface area contributed by atoms with Crippen LogP contribution in [0.1, 0.15) is 40.0 Å². The summed E-state index contributed by atoms with van der Waals surface area (Å²) in [6, 6.07) is 4.62. The number of hydrogen-bond donors (Lipinski definition) is 2. The highest BCUT2D eigenvalue weighted by molar-refractivity contribution is 6.21. The second kappa shape index (κ2) is 5.29. The van der Waals surface area contributed by atoms with Gasteiger partial charge in [0, 0.05) is 12.7 Å². The summed E-state index contributed by atoms with van der Waals surface area (Å²) in [5.41, 5.74) is 1.27. The maximum Gasteiger partial charge on any atom is 0.261 e. The van der Waals surface area contributed by atoms with Gasteiger partial charge in [-0.05, 0) is 37.6 Å². The van der Waals surface area contributed by atoms with E-state index in [0.29, 0.717) is 16.8 Å². The number of carbonyl (C=O) groups is 3. The predicted octanol–water partition coefficient (Wildman–Crippen LogP) is 0.993. The number of hydrogen-bond acceptors (Lipinski definition) is 4. The quantitative estimate of drug-likeness (QED) is 0.795. The lowest BCUT2D eigenvalue weighted by Gasteiger charge is -2.22. The summed E-state index contributed by atoms with van der Waals surface area (Å²) < 4.78 is 0. The Kier molecular flexibility index (Phi) is 3.47. The molecule has 0 unspecified atom stereocenters. The Hall–Kier alpha value is -2.21. The first-order valence-corrected chi connectivity index (χ1v) is 7.08. The van der Waals surface area contributed by atoms with Crippen molar-refractivity contribution in [2.75, 3.05) is 18.9 Å². The molecule has 1 aromatic carbocycles. The molecule has 0 radical (unpaired) electrons. The highest BCUT2D eigenvalue weighted by Crippen LogP contribution is 2.25. The number of rotatable bonds is 2. The van der Waals surface area contributed by atoms with Crippen molar-refractivity contribution < 1.29 is 14.4 Å². The SMILES string of the molecule is CN1C(=O)c2ccc(NC(=O)[C@@H]3CCCCN3)cc2C1=O. The zero-order valence-electron chi connectivity index (χ0n) is 11.8. The molecule has 1 fully saturated rings. The van der Waals surface area contributed by atoms with Gasteiger partial charge in [0.05, 0.1) is 17.2 Å². The second-order valence-electron chi connectivity index (χ2n) is 5.42. The molecule has 6 heteroatoms. The van der Waals surface area contributed by atoms with Crippen molar-refractivity contribution in [2.45, 2.75) is 25.3 Å². The normalized spacial score (nSPS) is 21.4. The highest BCUT2D eigenvalue weighted by Gasteiger charge is 2.33. The fourth-order valence-electron chi connectivity index (χ4n) is 2.74. The van der Waals surface area contributed by atoms with E-state index in [1.165, 1.54) is 7.05 Å². The van der Waals surface area contributed by atoms with E-state index in [1.807, 2.05) is 0 Å². The van der Waals surface area contributed by atoms with Gasteiger partial charge in [-0.3, -0.25) is 19.3 Å². The van der Waals surface area contributed by atoms with Crippen LogP contribution in [0.3, 0.4) is 0 Å². The minimum Gasteiger partial charge on any atom is -0.325 e. The van der Waals surface area contributed by atoms with Gasteiger partial charge < -0.3 is 10.6 Å². The largest absolute Gasteiger partial charge is 0.325 e. The lowest BCUT2D eigenvalue weighted by atomic mass is 10.0. The summed E-state index contributed by atoms with van der Waals surface area (Å²) in [6.07, 6.45) is 2.94. The summed E-state index contributed by atoms with van der Waals surface area (Å²) >= 11 is 0. The molecule has 0 aliphatic carbocycles. The van der Waals surface area contributed by atoms with Gasteiger partial charge >= 0.3 is 0 Å². The molecule has 3 amide bonds. The number of amides is 3. The van der Waals surface area contributed by atoms with E-state index in [0.717, 1.165) is 30.7 Å². The highest BCUT2D eigenvalue weighted by atomic mass is 16.2. The molecular weight excluding hydrogens is 270 g/mol. The van der Waals surface area contributed by atoms with Gasteiger partial charge in [-0.25, -0.2) is 0 Å². The van der Waals surface area contributed by atoms with Gasteiger partial charge in [-0.15, -0.1) is 0 Å². The lowest BCUT2D eigenvalue weighted by molar-refractivity contribution is -0.118. The van der Waals surface area contributed by atoms with Crippen molar-refractivity contribution in [3.05, 3.63) is 29.3 Å². The zero-order chi connectivity index (χ0) is 15.0. The Balaban J connectivity index is 1.77. The van der Waals surface area contributed by atoms with Crippen molar-refractivity contribution in [1.29, 1.82) is 0 Å². The van der Waals surface area contributed by atoms with E-state index >= 15 is 0 Å². The van der Waals surface area contributed by atoms with E-state index in [4.69, 9.17) is 0 Å². The fourth-order valence-corrected chi connectivity index (χ4v) is 2.74. The summed E-state index contributed by atoms with van der Waals surface area (Å²) in [5.74, 6) is -0.733. The van der Waals surface area contributed by atoms with E-state index < -0.39 is 0 Å². The molecule has 0 saturated carbocycles. The summed E-state index contributed by atoms with van der Waals surface area (Å²) in [7, 11) is 1.45. The molecule has 0 spiro atoms. The predicted molar refractivity (Wildman–Crippen MR) is 77.1 cm³/mol. The van der Waals surface area contributed by atoms with Gasteiger partial charge in [0.1, 0.15) is 0 Å². The van der Waals surface area contributed by atoms with Crippen LogP contribution in [-0.4, -0.2) is 42.3 Å². The molecular formula is C15H17N3O3. The Morgan fingerprint density at radius 2 is 2.00 bits per heavy atom. The second-order valence-corrected chi connectivity index (χ2v) is 5.42. The Morgan fingerprint density at radius 3 is 2.71 bits per heavy atom. The van der Waals surface area contributed by atoms with Gasteiger partial charge in [-0.2, -0.15) is 0 Å². The number of fused-ring (bicyclic) bond motifs is 1. The van der Waals surface area contributed by atoms with Crippen LogP contribution >= 0.6 is 0 Å². The first-order chi connectivity index (χ1) is 10.1. The average molecular weight is 287 g/mol. The number of piperidine rings is 1. The maximum atomic E-state index is 12.1. The third-order valence-electron chi connectivity index (χ3n) is 3.98. The number of imide groups is 1. The first kappa shape index (κ1) is 13.8. The Bertz CT molecular complexity index is 621. The van der Waals surface area contributed by atoms with Gasteiger partial charge in [0.25, 0.3) is 11.8 Å². The van der Waals surface area contributed by atoms with Crippen LogP contribution in [0.15, 0.2) is 18.2 Å². The smallest absolute Gasteiger partial charge is 0.261 e. The van der Waals surface area contributed by atoms with E-state index in [9.17, 15) is 14.4 Å². The molecule has 2 aliphatic rings. The van der Waals surface area contributed by atoms with Crippen molar-refractivity contribution in [3.8, 4) is 0 Å². The number of anilines is 1. The number of nitrogens with zero attached hydrogens (tertiary/aromatic N) is 1. The molecule has 1 saturated heterocycles. The summed E-state index contributed by atoms with van der Waals surface area (Å²) in [4.78, 5) is 36.9. The molecule has 3 rings (SSSR count). The molecule has 0 aromatic heterocycles. The van der Waals surface area contributed by atoms with Crippen molar-refractivity contribution >= 4 is 23.4 Å². The van der Waals surface area contributed by atoms with Crippen LogP contribution in [0, 0.1) is 0 Å². The Labute approximate surface area is 122 Å². The van der Waals surface area contributed by atoms with Crippen LogP contribution in [0.2, 0.25) is 0 Å². The molecule has 2 heterocycles. The third kappa shape index (κ3) is 2.42. The fraction of sp³-hybridized carbons (Fsp3) is 0.400. The summed E-state index contributed by atoms with van der Waals surface area (Å²) in [5, 5.41) is 5.98. The minimum atomic E-state index is -0.332. The van der Waals surface area contributed by atoms with E-state index in [-0.39, 0.29) is 23.8 Å². The third-order valence-corrected chi connectivity index (χ3v) is 3.98. The van der Waals surface area contributed by atoms with Crippen LogP contribution in [0.5, 0.6) is 0 Å². The van der Waals surface area contributed by atoms with Crippen molar-refractivity contribution in [3.63, 3.8) is 0 Å². The number of nitrogens with one attached hydrogen (secondary N) is 2. The van der Waals surface area contributed by atoms with Crippen LogP contribution < -0.4 is 10.6 Å². The topological polar surface area (TPSA) is 78.5 Å².